The molecule has 2 aromatic heterocycles. The summed E-state index contributed by atoms with van der Waals surface area (Å²) in [5.41, 5.74) is 0.204. The van der Waals surface area contributed by atoms with Crippen molar-refractivity contribution in [3.63, 3.8) is 0 Å². The van der Waals surface area contributed by atoms with Crippen LogP contribution in [0.5, 0.6) is 17.2 Å². The van der Waals surface area contributed by atoms with Crippen molar-refractivity contribution in [2.75, 3.05) is 24.8 Å². The maximum atomic E-state index is 13.0. The first-order valence-electron chi connectivity index (χ1n) is 11.7. The first-order valence-corrected chi connectivity index (χ1v) is 15.3. The molecule has 0 unspecified atom stereocenters. The fourth-order valence-corrected chi connectivity index (χ4v) is 5.20. The number of hydrogen-bond acceptors (Lipinski definition) is 11. The zero-order chi connectivity index (χ0) is 27.9. The normalized spacial score (nSPS) is 11.9. The van der Waals surface area contributed by atoms with Crippen LogP contribution < -0.4 is 14.8 Å². The summed E-state index contributed by atoms with van der Waals surface area (Å²) in [6, 6.07) is 6.14. The van der Waals surface area contributed by atoms with E-state index in [-0.39, 0.29) is 53.6 Å². The molecule has 3 rings (SSSR count). The van der Waals surface area contributed by atoms with E-state index < -0.39 is 23.3 Å². The number of carbonyl (C=O) groups is 1. The molecule has 0 radical (unpaired) electrons. The molecule has 0 aliphatic rings. The number of aromatic nitrogens is 4. The van der Waals surface area contributed by atoms with Crippen LogP contribution >= 0.6 is 7.60 Å². The van der Waals surface area contributed by atoms with Crippen LogP contribution in [0.2, 0.25) is 0 Å². The van der Waals surface area contributed by atoms with Crippen molar-refractivity contribution in [3.05, 3.63) is 48.4 Å². The van der Waals surface area contributed by atoms with Crippen LogP contribution in [-0.2, 0) is 29.7 Å². The summed E-state index contributed by atoms with van der Waals surface area (Å²) in [4.78, 5) is 20.6. The standard InChI is InChI=1S/C23H30N5O8PS/c1-6-33-37(30,34-7-2)15-28-9-8-21(27-28)26-22(29)17-10-18(35-16(3)4)12-19(11-17)36-20-13-24-23(25-14-20)38(5,31)32/h8-14,16H,6-7,15H2,1-5H3,(H,26,27,29). The van der Waals surface area contributed by atoms with Crippen molar-refractivity contribution in [2.45, 2.75) is 45.2 Å². The molecule has 0 spiro atoms. The number of carbonyl (C=O) groups excluding carboxylic acids is 1. The van der Waals surface area contributed by atoms with E-state index in [1.54, 1.807) is 38.2 Å². The minimum atomic E-state index is -3.56. The molecular weight excluding hydrogens is 537 g/mol. The molecule has 0 atom stereocenters. The Hall–Kier alpha value is -3.32. The predicted molar refractivity (Wildman–Crippen MR) is 138 cm³/mol. The average Bonchev–Trinajstić information content (AvgIpc) is 3.24. The second kappa shape index (κ2) is 12.5. The maximum Gasteiger partial charge on any atom is 0.351 e. The number of nitrogens with one attached hydrogen (secondary N) is 1. The van der Waals surface area contributed by atoms with Crippen LogP contribution in [-0.4, -0.2) is 59.6 Å². The number of amides is 1. The highest BCUT2D eigenvalue weighted by Gasteiger charge is 2.25. The molecule has 1 aromatic carbocycles. The number of rotatable bonds is 13. The van der Waals surface area contributed by atoms with Crippen LogP contribution in [0.4, 0.5) is 5.82 Å². The smallest absolute Gasteiger partial charge is 0.351 e. The molecular formula is C23H30N5O8PS. The van der Waals surface area contributed by atoms with Crippen LogP contribution in [0.15, 0.2) is 48.0 Å². The number of benzene rings is 1. The Bertz CT molecular complexity index is 1400. The van der Waals surface area contributed by atoms with E-state index in [9.17, 15) is 17.8 Å². The van der Waals surface area contributed by atoms with E-state index in [1.807, 2.05) is 13.8 Å². The fourth-order valence-electron chi connectivity index (χ4n) is 3.17. The molecule has 206 valence electrons. The van der Waals surface area contributed by atoms with E-state index in [1.165, 1.54) is 23.1 Å². The monoisotopic (exact) mass is 567 g/mol. The van der Waals surface area contributed by atoms with Gasteiger partial charge in [0.2, 0.25) is 15.0 Å². The Kier molecular flexibility index (Phi) is 9.60. The maximum absolute atomic E-state index is 13.0. The number of hydrogen-bond donors (Lipinski definition) is 1. The molecule has 2 heterocycles. The lowest BCUT2D eigenvalue weighted by atomic mass is 10.2. The minimum absolute atomic E-state index is 0.111. The van der Waals surface area contributed by atoms with Gasteiger partial charge in [0.25, 0.3) is 5.91 Å². The lowest BCUT2D eigenvalue weighted by Crippen LogP contribution is -2.14. The molecule has 1 amide bonds. The van der Waals surface area contributed by atoms with Crippen molar-refractivity contribution in [3.8, 4) is 17.2 Å². The van der Waals surface area contributed by atoms with Gasteiger partial charge in [-0.25, -0.2) is 18.4 Å². The first kappa shape index (κ1) is 29.2. The van der Waals surface area contributed by atoms with Crippen molar-refractivity contribution >= 4 is 29.2 Å². The zero-order valence-electron chi connectivity index (χ0n) is 21.7. The predicted octanol–water partition coefficient (Wildman–Crippen LogP) is 4.13. The lowest BCUT2D eigenvalue weighted by Gasteiger charge is -2.16. The average molecular weight is 568 g/mol. The molecule has 13 nitrogen and oxygen atoms in total. The number of anilines is 1. The van der Waals surface area contributed by atoms with Gasteiger partial charge in [0, 0.05) is 30.1 Å². The number of nitrogens with zero attached hydrogens (tertiary/aromatic N) is 4. The molecule has 38 heavy (non-hydrogen) atoms. The summed E-state index contributed by atoms with van der Waals surface area (Å²) in [5.74, 6) is 0.491. The van der Waals surface area contributed by atoms with Gasteiger partial charge in [0.05, 0.1) is 31.7 Å². The first-order chi connectivity index (χ1) is 17.9. The van der Waals surface area contributed by atoms with Gasteiger partial charge in [-0.2, -0.15) is 5.10 Å². The summed E-state index contributed by atoms with van der Waals surface area (Å²) in [5, 5.41) is 6.58. The Morgan fingerprint density at radius 2 is 1.68 bits per heavy atom. The summed E-state index contributed by atoms with van der Waals surface area (Å²) < 4.78 is 59.4. The van der Waals surface area contributed by atoms with E-state index in [0.29, 0.717) is 5.75 Å². The minimum Gasteiger partial charge on any atom is -0.491 e. The second-order valence-corrected chi connectivity index (χ2v) is 12.1. The molecule has 0 aliphatic carbocycles. The third-order valence-corrected chi connectivity index (χ3v) is 7.35. The van der Waals surface area contributed by atoms with Gasteiger partial charge in [0.15, 0.2) is 11.6 Å². The third kappa shape index (κ3) is 8.35. The largest absolute Gasteiger partial charge is 0.491 e. The zero-order valence-corrected chi connectivity index (χ0v) is 23.4. The van der Waals surface area contributed by atoms with Crippen LogP contribution in [0.3, 0.4) is 0 Å². The van der Waals surface area contributed by atoms with Crippen molar-refractivity contribution in [2.24, 2.45) is 0 Å². The van der Waals surface area contributed by atoms with Crippen LogP contribution in [0, 0.1) is 0 Å². The van der Waals surface area contributed by atoms with Crippen molar-refractivity contribution in [1.29, 1.82) is 0 Å². The Morgan fingerprint density at radius 3 is 2.26 bits per heavy atom. The molecule has 0 saturated carbocycles. The topological polar surface area (TPSA) is 161 Å². The summed E-state index contributed by atoms with van der Waals surface area (Å²) >= 11 is 0. The molecule has 0 fully saturated rings. The van der Waals surface area contributed by atoms with Crippen LogP contribution in [0.1, 0.15) is 38.1 Å². The van der Waals surface area contributed by atoms with Crippen LogP contribution in [0.25, 0.3) is 0 Å². The van der Waals surface area contributed by atoms with Gasteiger partial charge < -0.3 is 23.8 Å². The van der Waals surface area contributed by atoms with Crippen molar-refractivity contribution in [1.82, 2.24) is 19.7 Å². The number of sulfone groups is 1. The van der Waals surface area contributed by atoms with E-state index in [2.05, 4.69) is 20.4 Å². The molecule has 0 bridgehead atoms. The summed E-state index contributed by atoms with van der Waals surface area (Å²) in [6.45, 7) is 7.53. The highest BCUT2D eigenvalue weighted by atomic mass is 32.2. The molecule has 0 saturated heterocycles. The highest BCUT2D eigenvalue weighted by molar-refractivity contribution is 7.90. The summed E-state index contributed by atoms with van der Waals surface area (Å²) in [7, 11) is -6.94. The van der Waals surface area contributed by atoms with Gasteiger partial charge in [-0.1, -0.05) is 0 Å². The second-order valence-electron chi connectivity index (χ2n) is 8.22. The molecule has 0 aliphatic heterocycles. The van der Waals surface area contributed by atoms with Gasteiger partial charge in [-0.15, -0.1) is 0 Å². The molecule has 15 heteroatoms. The lowest BCUT2D eigenvalue weighted by molar-refractivity contribution is 0.102. The van der Waals surface area contributed by atoms with E-state index in [4.69, 9.17) is 18.5 Å². The van der Waals surface area contributed by atoms with Gasteiger partial charge in [-0.3, -0.25) is 14.0 Å². The molecule has 1 N–H and O–H groups in total. The highest BCUT2D eigenvalue weighted by Crippen LogP contribution is 2.49. The SMILES string of the molecule is CCOP(=O)(Cn1ccc(NC(=O)c2cc(Oc3cnc(S(C)(=O)=O)nc3)cc(OC(C)C)c2)n1)OCC. The fraction of sp³-hybridized carbons (Fsp3) is 0.391. The summed E-state index contributed by atoms with van der Waals surface area (Å²) in [6.07, 6.45) is 4.69. The number of ether oxygens (including phenoxy) is 2. The van der Waals surface area contributed by atoms with Gasteiger partial charge in [0.1, 0.15) is 17.8 Å². The van der Waals surface area contributed by atoms with Crippen molar-refractivity contribution < 1.29 is 36.3 Å². The van der Waals surface area contributed by atoms with Gasteiger partial charge >= 0.3 is 7.60 Å². The Balaban J connectivity index is 1.80. The third-order valence-electron chi connectivity index (χ3n) is 4.54. The van der Waals surface area contributed by atoms with Gasteiger partial charge in [-0.05, 0) is 39.8 Å². The van der Waals surface area contributed by atoms with E-state index >= 15 is 0 Å². The van der Waals surface area contributed by atoms with E-state index in [0.717, 1.165) is 6.26 Å². The quantitative estimate of drug-likeness (QED) is 0.233. The molecule has 3 aromatic rings. The Morgan fingerprint density at radius 1 is 1.05 bits per heavy atom. The Labute approximate surface area is 220 Å².